The topological polar surface area (TPSA) is 37.6 Å². The van der Waals surface area contributed by atoms with E-state index in [9.17, 15) is 0 Å². The molecule has 20 heavy (non-hydrogen) atoms. The summed E-state index contributed by atoms with van der Waals surface area (Å²) in [4.78, 5) is 2.44. The van der Waals surface area contributed by atoms with Gasteiger partial charge in [0.1, 0.15) is 12.4 Å². The summed E-state index contributed by atoms with van der Waals surface area (Å²) >= 11 is 0. The maximum Gasteiger partial charge on any atom is 0.129 e. The molecule has 0 amide bonds. The molecule has 1 saturated heterocycles. The van der Waals surface area contributed by atoms with Gasteiger partial charge in [0.25, 0.3) is 0 Å². The minimum Gasteiger partial charge on any atom is -0.467 e. The highest BCUT2D eigenvalue weighted by Crippen LogP contribution is 2.18. The molecule has 0 radical (unpaired) electrons. The van der Waals surface area contributed by atoms with E-state index in [1.807, 2.05) is 6.26 Å². The van der Waals surface area contributed by atoms with Crippen molar-refractivity contribution in [1.82, 2.24) is 10.2 Å². The molecule has 0 aromatic carbocycles. The summed E-state index contributed by atoms with van der Waals surface area (Å²) in [5.74, 6) is 0.929. The number of nitrogens with one attached hydrogen (secondary N) is 1. The second-order valence-electron chi connectivity index (χ2n) is 5.72. The molecule has 114 valence electrons. The van der Waals surface area contributed by atoms with Gasteiger partial charge in [-0.15, -0.1) is 0 Å². The molecule has 0 bridgehead atoms. The number of nitrogens with zero attached hydrogens (tertiary/aromatic N) is 1. The molecule has 1 aromatic heterocycles. The highest BCUT2D eigenvalue weighted by molar-refractivity contribution is 5.11. The molecule has 1 aromatic rings. The number of ether oxygens (including phenoxy) is 1. The molecule has 1 unspecified atom stereocenters. The van der Waals surface area contributed by atoms with Crippen molar-refractivity contribution in [3.63, 3.8) is 0 Å². The van der Waals surface area contributed by atoms with Crippen LogP contribution in [-0.2, 0) is 17.9 Å². The Labute approximate surface area is 122 Å². The van der Waals surface area contributed by atoms with Crippen molar-refractivity contribution in [2.24, 2.45) is 0 Å². The quantitative estimate of drug-likeness (QED) is 0.706. The normalized spacial score (nSPS) is 19.8. The Hall–Kier alpha value is -0.840. The Kier molecular flexibility index (Phi) is 6.57. The molecule has 2 rings (SSSR count). The smallest absolute Gasteiger partial charge is 0.129 e. The Morgan fingerprint density at radius 3 is 3.15 bits per heavy atom. The molecule has 1 aliphatic rings. The van der Waals surface area contributed by atoms with E-state index in [-0.39, 0.29) is 0 Å². The third-order valence-corrected chi connectivity index (χ3v) is 3.98. The zero-order valence-corrected chi connectivity index (χ0v) is 12.9. The number of hydrogen-bond donors (Lipinski definition) is 1. The molecule has 4 heteroatoms. The molecule has 0 spiro atoms. The molecule has 1 fully saturated rings. The Balaban J connectivity index is 1.59. The van der Waals surface area contributed by atoms with E-state index >= 15 is 0 Å². The van der Waals surface area contributed by atoms with E-state index < -0.39 is 0 Å². The van der Waals surface area contributed by atoms with Gasteiger partial charge >= 0.3 is 0 Å². The SMILES string of the molecule is CCCNCc1coc(COCCC2CCCN2C)c1. The van der Waals surface area contributed by atoms with Gasteiger partial charge in [-0.05, 0) is 51.9 Å². The van der Waals surface area contributed by atoms with Gasteiger partial charge in [0.05, 0.1) is 6.26 Å². The van der Waals surface area contributed by atoms with Crippen LogP contribution in [0.5, 0.6) is 0 Å². The molecule has 0 aliphatic carbocycles. The summed E-state index contributed by atoms with van der Waals surface area (Å²) in [6, 6.07) is 2.80. The third kappa shape index (κ3) is 4.93. The Morgan fingerprint density at radius 1 is 1.50 bits per heavy atom. The summed E-state index contributed by atoms with van der Waals surface area (Å²) in [7, 11) is 2.21. The number of likely N-dealkylation sites (tertiary alicyclic amines) is 1. The van der Waals surface area contributed by atoms with E-state index in [1.165, 1.54) is 24.9 Å². The second kappa shape index (κ2) is 8.45. The summed E-state index contributed by atoms with van der Waals surface area (Å²) in [6.45, 7) is 6.74. The number of hydrogen-bond acceptors (Lipinski definition) is 4. The predicted molar refractivity (Wildman–Crippen MR) is 80.6 cm³/mol. The lowest BCUT2D eigenvalue weighted by Crippen LogP contribution is -2.26. The average molecular weight is 280 g/mol. The van der Waals surface area contributed by atoms with Gasteiger partial charge in [-0.25, -0.2) is 0 Å². The van der Waals surface area contributed by atoms with Gasteiger partial charge in [-0.2, -0.15) is 0 Å². The van der Waals surface area contributed by atoms with Gasteiger partial charge in [-0.1, -0.05) is 6.92 Å². The van der Waals surface area contributed by atoms with Crippen molar-refractivity contribution in [2.75, 3.05) is 26.7 Å². The van der Waals surface area contributed by atoms with Crippen molar-refractivity contribution >= 4 is 0 Å². The van der Waals surface area contributed by atoms with Crippen LogP contribution in [-0.4, -0.2) is 37.7 Å². The van der Waals surface area contributed by atoms with Crippen molar-refractivity contribution in [3.8, 4) is 0 Å². The maximum absolute atomic E-state index is 5.73. The van der Waals surface area contributed by atoms with Crippen LogP contribution in [0.25, 0.3) is 0 Å². The summed E-state index contributed by atoms with van der Waals surface area (Å²) < 4.78 is 11.2. The van der Waals surface area contributed by atoms with Crippen molar-refractivity contribution in [2.45, 2.75) is 51.8 Å². The van der Waals surface area contributed by atoms with Crippen LogP contribution in [0.2, 0.25) is 0 Å². The molecular formula is C16H28N2O2. The van der Waals surface area contributed by atoms with Gasteiger partial charge in [0.2, 0.25) is 0 Å². The largest absolute Gasteiger partial charge is 0.467 e. The van der Waals surface area contributed by atoms with Crippen LogP contribution in [0, 0.1) is 0 Å². The fraction of sp³-hybridized carbons (Fsp3) is 0.750. The number of rotatable bonds is 9. The zero-order chi connectivity index (χ0) is 14.2. The van der Waals surface area contributed by atoms with E-state index in [4.69, 9.17) is 9.15 Å². The summed E-state index contributed by atoms with van der Waals surface area (Å²) in [5.41, 5.74) is 1.20. The first-order valence-corrected chi connectivity index (χ1v) is 7.84. The van der Waals surface area contributed by atoms with Crippen LogP contribution in [0.4, 0.5) is 0 Å². The molecule has 1 aliphatic heterocycles. The molecule has 2 heterocycles. The minimum atomic E-state index is 0.588. The van der Waals surface area contributed by atoms with Gasteiger partial charge in [-0.3, -0.25) is 0 Å². The minimum absolute atomic E-state index is 0.588. The Morgan fingerprint density at radius 2 is 2.40 bits per heavy atom. The predicted octanol–water partition coefficient (Wildman–Crippen LogP) is 2.78. The average Bonchev–Trinajstić information content (AvgIpc) is 3.05. The lowest BCUT2D eigenvalue weighted by Gasteiger charge is -2.18. The molecule has 0 saturated carbocycles. The van der Waals surface area contributed by atoms with Gasteiger partial charge < -0.3 is 19.4 Å². The highest BCUT2D eigenvalue weighted by atomic mass is 16.5. The monoisotopic (exact) mass is 280 g/mol. The third-order valence-electron chi connectivity index (χ3n) is 3.98. The van der Waals surface area contributed by atoms with Gasteiger partial charge in [0, 0.05) is 24.8 Å². The molecular weight excluding hydrogens is 252 g/mol. The van der Waals surface area contributed by atoms with Crippen LogP contribution >= 0.6 is 0 Å². The lowest BCUT2D eigenvalue weighted by molar-refractivity contribution is 0.0894. The van der Waals surface area contributed by atoms with Crippen LogP contribution in [0.3, 0.4) is 0 Å². The highest BCUT2D eigenvalue weighted by Gasteiger charge is 2.20. The van der Waals surface area contributed by atoms with Crippen LogP contribution < -0.4 is 5.32 Å². The fourth-order valence-corrected chi connectivity index (χ4v) is 2.74. The summed E-state index contributed by atoms with van der Waals surface area (Å²) in [6.07, 6.45) is 6.75. The van der Waals surface area contributed by atoms with E-state index in [0.717, 1.165) is 38.3 Å². The lowest BCUT2D eigenvalue weighted by atomic mass is 10.1. The van der Waals surface area contributed by atoms with Crippen molar-refractivity contribution in [3.05, 3.63) is 23.7 Å². The maximum atomic E-state index is 5.73. The fourth-order valence-electron chi connectivity index (χ4n) is 2.74. The van der Waals surface area contributed by atoms with E-state index in [2.05, 4.69) is 30.3 Å². The van der Waals surface area contributed by atoms with Crippen LogP contribution in [0.15, 0.2) is 16.7 Å². The Bertz CT molecular complexity index is 378. The number of furan rings is 1. The molecule has 4 nitrogen and oxygen atoms in total. The molecule has 1 atom stereocenters. The van der Waals surface area contributed by atoms with Crippen LogP contribution in [0.1, 0.15) is 43.9 Å². The standard InChI is InChI=1S/C16H28N2O2/c1-3-7-17-11-14-10-16(20-12-14)13-19-9-6-15-5-4-8-18(15)2/h10,12,15,17H,3-9,11,13H2,1-2H3. The first-order chi connectivity index (χ1) is 9.79. The molecule has 1 N–H and O–H groups in total. The first kappa shape index (κ1) is 15.5. The van der Waals surface area contributed by atoms with Gasteiger partial charge in [0.15, 0.2) is 0 Å². The first-order valence-electron chi connectivity index (χ1n) is 7.84. The second-order valence-corrected chi connectivity index (χ2v) is 5.72. The van der Waals surface area contributed by atoms with E-state index in [0.29, 0.717) is 12.6 Å². The summed E-state index contributed by atoms with van der Waals surface area (Å²) in [5, 5.41) is 3.37. The zero-order valence-electron chi connectivity index (χ0n) is 12.9. The van der Waals surface area contributed by atoms with Crippen molar-refractivity contribution in [1.29, 1.82) is 0 Å². The van der Waals surface area contributed by atoms with E-state index in [1.54, 1.807) is 0 Å². The van der Waals surface area contributed by atoms with Crippen molar-refractivity contribution < 1.29 is 9.15 Å².